The average Bonchev–Trinajstić information content (AvgIpc) is 2.85. The van der Waals surface area contributed by atoms with Crippen LogP contribution in [0.3, 0.4) is 0 Å². The molecule has 0 aliphatic heterocycles. The van der Waals surface area contributed by atoms with Gasteiger partial charge in [0.25, 0.3) is 0 Å². The monoisotopic (exact) mass is 623 g/mol. The molecule has 230 valence electrons. The predicted octanol–water partition coefficient (Wildman–Crippen LogP) is -1.86. The van der Waals surface area contributed by atoms with Crippen LogP contribution in [-0.2, 0) is 32.9 Å². The van der Waals surface area contributed by atoms with Crippen LogP contribution in [0.1, 0.15) is 111 Å². The molecule has 0 saturated heterocycles. The Bertz CT molecular complexity index is 956. The predicted molar refractivity (Wildman–Crippen MR) is 155 cm³/mol. The number of hydrogen-bond acceptors (Lipinski definition) is 9. The smallest absolute Gasteiger partial charge is 0.790 e. The maximum Gasteiger partial charge on any atom is 1.00 e. The largest absolute Gasteiger partial charge is 1.00 e. The van der Waals surface area contributed by atoms with E-state index in [2.05, 4.69) is 52.7 Å². The van der Waals surface area contributed by atoms with Gasteiger partial charge in [-0.3, -0.25) is 9.59 Å². The van der Waals surface area contributed by atoms with Gasteiger partial charge in [0, 0.05) is 26.4 Å². The van der Waals surface area contributed by atoms with E-state index in [0.29, 0.717) is 6.42 Å². The molecule has 2 N–H and O–H groups in total. The molecule has 10 nitrogen and oxygen atoms in total. The first-order chi connectivity index (χ1) is 18.5. The van der Waals surface area contributed by atoms with E-state index in [-0.39, 0.29) is 78.6 Å². The summed E-state index contributed by atoms with van der Waals surface area (Å²) >= 11 is 0. The number of ether oxygens (including phenoxy) is 2. The topological polar surface area (TPSA) is 168 Å². The van der Waals surface area contributed by atoms with Gasteiger partial charge >= 0.3 is 71.1 Å². The first kappa shape index (κ1) is 47.1. The Hall–Kier alpha value is -0.800. The van der Waals surface area contributed by atoms with Crippen molar-refractivity contribution in [3.05, 3.63) is 0 Å². The molecule has 0 aliphatic rings. The fourth-order valence-corrected chi connectivity index (χ4v) is 3.41. The van der Waals surface area contributed by atoms with Gasteiger partial charge in [0.2, 0.25) is 5.91 Å². The van der Waals surface area contributed by atoms with Gasteiger partial charge in [-0.1, -0.05) is 83.5 Å². The summed E-state index contributed by atoms with van der Waals surface area (Å²) < 4.78 is 24.9. The molecule has 0 saturated carbocycles. The van der Waals surface area contributed by atoms with Gasteiger partial charge in [-0.25, -0.2) is 4.79 Å². The van der Waals surface area contributed by atoms with E-state index in [0.717, 1.165) is 19.3 Å². The van der Waals surface area contributed by atoms with E-state index in [1.807, 2.05) is 0 Å². The number of unbranched alkanes of at least 4 members (excludes halogenated alkanes) is 11. The molecule has 0 fully saturated rings. The van der Waals surface area contributed by atoms with Crippen LogP contribution in [0.15, 0.2) is 0 Å². The average molecular weight is 624 g/mol. The summed E-state index contributed by atoms with van der Waals surface area (Å²) in [7, 11) is -5.28. The Kier molecular flexibility index (Phi) is 38.7. The standard InChI is InChI=1S/C26H39O8P.C2H5NO.2Na.5H2/c1-3-5-7-9-10-11-12-13-14-15-17-19-21-26(28)34-24(23-33-35(29,30)31)22-32-25(27)20-18-16-8-6-4-2;1-2(3)4;;;;;;;/h24H,3,5,7,9-15,17,19,21-23H2,1-2H3,(H2,29,30,31);1H3,(H2,3,4);;;5*1H/q;;2*+1;;;;;/p-2/t24-;;;;;;;;/m1......../s1. The van der Waals surface area contributed by atoms with Gasteiger partial charge in [0.15, 0.2) is 6.10 Å². The fraction of sp³-hybridized carbons (Fsp3) is 0.679. The molecule has 0 radical (unpaired) electrons. The van der Waals surface area contributed by atoms with Crippen molar-refractivity contribution in [1.29, 1.82) is 0 Å². The minimum absolute atomic E-state index is 0. The molecule has 0 bridgehead atoms. The van der Waals surface area contributed by atoms with Gasteiger partial charge in [-0.2, -0.15) is 0 Å². The Balaban J connectivity index is -0.000000167. The summed E-state index contributed by atoms with van der Waals surface area (Å²) in [5.74, 6) is 12.1. The number of hydrogen-bond donors (Lipinski definition) is 1. The number of carbonyl (C=O) groups is 3. The summed E-state index contributed by atoms with van der Waals surface area (Å²) in [6.07, 6.45) is 12.7. The molecule has 13 heteroatoms. The van der Waals surface area contributed by atoms with Crippen molar-refractivity contribution < 1.29 is 109 Å². The Morgan fingerprint density at radius 2 is 1.29 bits per heavy atom. The van der Waals surface area contributed by atoms with Crippen LogP contribution in [0, 0.1) is 35.5 Å². The summed E-state index contributed by atoms with van der Waals surface area (Å²) in [5.41, 5.74) is 4.47. The van der Waals surface area contributed by atoms with Crippen molar-refractivity contribution in [1.82, 2.24) is 0 Å². The van der Waals surface area contributed by atoms with Crippen molar-refractivity contribution in [3.8, 4) is 35.5 Å². The molecule has 1 atom stereocenters. The van der Waals surface area contributed by atoms with E-state index in [1.54, 1.807) is 6.92 Å². The number of rotatable bonds is 19. The second-order valence-electron chi connectivity index (χ2n) is 8.58. The zero-order valence-electron chi connectivity index (χ0n) is 25.4. The fourth-order valence-electron chi connectivity index (χ4n) is 3.06. The first-order valence-electron chi connectivity index (χ1n) is 13.2. The van der Waals surface area contributed by atoms with Crippen molar-refractivity contribution in [2.45, 2.75) is 110 Å². The Labute approximate surface area is 297 Å². The van der Waals surface area contributed by atoms with Gasteiger partial charge in [-0.15, -0.1) is 0 Å². The van der Waals surface area contributed by atoms with Gasteiger partial charge in [0.1, 0.15) is 6.61 Å². The maximum absolute atomic E-state index is 12.1. The normalized spacial score (nSPS) is 10.1. The number of amides is 1. The summed E-state index contributed by atoms with van der Waals surface area (Å²) in [5, 5.41) is 0. The zero-order valence-corrected chi connectivity index (χ0v) is 30.3. The molecule has 1 amide bonds. The molecule has 41 heavy (non-hydrogen) atoms. The zero-order chi connectivity index (χ0) is 29.8. The molecule has 0 spiro atoms. The van der Waals surface area contributed by atoms with Gasteiger partial charge < -0.3 is 34.1 Å². The Morgan fingerprint density at radius 3 is 1.76 bits per heavy atom. The van der Waals surface area contributed by atoms with E-state index >= 15 is 0 Å². The molecular formula is C28H52NNa2O9P. The van der Waals surface area contributed by atoms with Gasteiger partial charge in [0.05, 0.1) is 14.4 Å². The molecular weight excluding hydrogens is 571 g/mol. The van der Waals surface area contributed by atoms with E-state index in [4.69, 9.17) is 9.47 Å². The van der Waals surface area contributed by atoms with Gasteiger partial charge in [-0.05, 0) is 37.0 Å². The second-order valence-corrected chi connectivity index (χ2v) is 9.73. The summed E-state index contributed by atoms with van der Waals surface area (Å²) in [6, 6.07) is 0. The number of carbonyl (C=O) groups excluding carboxylic acids is 3. The number of phosphoric acid groups is 1. The van der Waals surface area contributed by atoms with Crippen LogP contribution in [-0.4, -0.2) is 37.2 Å². The number of nitrogens with two attached hydrogens (primary N) is 1. The molecule has 0 aliphatic carbocycles. The van der Waals surface area contributed by atoms with Crippen molar-refractivity contribution in [3.63, 3.8) is 0 Å². The SMILES string of the molecule is CC#CC#CC#CC(=O)OC[C@H](COP(=O)([O-])[O-])OC(=O)CCCCCCCCCCCCCC.CC(N)=O.[HH].[HH].[HH].[HH].[HH].[Na+].[Na+]. The van der Waals surface area contributed by atoms with Crippen LogP contribution in [0.25, 0.3) is 0 Å². The molecule has 0 rings (SSSR count). The van der Waals surface area contributed by atoms with Crippen LogP contribution in [0.2, 0.25) is 0 Å². The van der Waals surface area contributed by atoms with Crippen molar-refractivity contribution >= 4 is 25.7 Å². The molecule has 0 aromatic rings. The van der Waals surface area contributed by atoms with Crippen molar-refractivity contribution in [2.75, 3.05) is 13.2 Å². The van der Waals surface area contributed by atoms with Crippen LogP contribution in [0.4, 0.5) is 0 Å². The van der Waals surface area contributed by atoms with Crippen LogP contribution >= 0.6 is 7.82 Å². The number of primary amides is 1. The number of esters is 2. The first-order valence-corrected chi connectivity index (χ1v) is 14.7. The molecule has 0 aromatic carbocycles. The quantitative estimate of drug-likeness (QED) is 0.0433. The third-order valence-corrected chi connectivity index (χ3v) is 5.29. The third-order valence-electron chi connectivity index (χ3n) is 4.83. The number of phosphoric ester groups is 1. The van der Waals surface area contributed by atoms with Crippen LogP contribution in [0.5, 0.6) is 0 Å². The third kappa shape index (κ3) is 43.8. The van der Waals surface area contributed by atoms with E-state index in [1.165, 1.54) is 58.3 Å². The maximum atomic E-state index is 12.1. The van der Waals surface area contributed by atoms with E-state index in [9.17, 15) is 28.7 Å². The molecule has 0 aromatic heterocycles. The second kappa shape index (κ2) is 33.7. The molecule has 0 heterocycles. The minimum Gasteiger partial charge on any atom is -0.790 e. The summed E-state index contributed by atoms with van der Waals surface area (Å²) in [6.45, 7) is 3.85. The Morgan fingerprint density at radius 1 is 0.829 bits per heavy atom. The minimum atomic E-state index is -5.28. The van der Waals surface area contributed by atoms with Crippen molar-refractivity contribution in [2.24, 2.45) is 5.73 Å². The van der Waals surface area contributed by atoms with Crippen LogP contribution < -0.4 is 74.6 Å². The van der Waals surface area contributed by atoms with E-state index < -0.39 is 39.1 Å². The molecule has 0 unspecified atom stereocenters. The summed E-state index contributed by atoms with van der Waals surface area (Å²) in [4.78, 5) is 54.4.